The van der Waals surface area contributed by atoms with Crippen molar-refractivity contribution >= 4 is 39.3 Å². The van der Waals surface area contributed by atoms with Crippen LogP contribution in [0.1, 0.15) is 53.4 Å². The summed E-state index contributed by atoms with van der Waals surface area (Å²) in [5.74, 6) is -0.0917. The average Bonchev–Trinajstić information content (AvgIpc) is 3.28. The molecule has 1 aromatic heterocycles. The number of hydrogen-bond donors (Lipinski definition) is 0. The van der Waals surface area contributed by atoms with Gasteiger partial charge < -0.3 is 9.64 Å². The lowest BCUT2D eigenvalue weighted by atomic mass is 9.98. The molecule has 1 aromatic rings. The second-order valence-corrected chi connectivity index (χ2v) is 11.1. The van der Waals surface area contributed by atoms with Crippen LogP contribution in [-0.4, -0.2) is 68.3 Å². The van der Waals surface area contributed by atoms with Crippen molar-refractivity contribution in [2.24, 2.45) is 0 Å². The van der Waals surface area contributed by atoms with Crippen LogP contribution in [0.2, 0.25) is 0 Å². The molecule has 0 bridgehead atoms. The van der Waals surface area contributed by atoms with E-state index in [-0.39, 0.29) is 28.3 Å². The number of likely N-dealkylation sites (tertiary alicyclic amines) is 1. The molecule has 9 heteroatoms. The van der Waals surface area contributed by atoms with E-state index in [4.69, 9.17) is 4.74 Å². The van der Waals surface area contributed by atoms with Crippen molar-refractivity contribution < 1.29 is 22.7 Å². The Morgan fingerprint density at radius 1 is 1.31 bits per heavy atom. The van der Waals surface area contributed by atoms with E-state index in [1.54, 1.807) is 4.90 Å². The minimum atomic E-state index is -3.38. The van der Waals surface area contributed by atoms with Crippen molar-refractivity contribution in [3.8, 4) is 0 Å². The van der Waals surface area contributed by atoms with E-state index >= 15 is 0 Å². The smallest absolute Gasteiger partial charge is 0.410 e. The van der Waals surface area contributed by atoms with Gasteiger partial charge in [-0.05, 0) is 37.7 Å². The summed E-state index contributed by atoms with van der Waals surface area (Å²) >= 11 is 1.10. The Labute approximate surface area is 175 Å². The molecule has 0 saturated carbocycles. The number of thiophene rings is 1. The van der Waals surface area contributed by atoms with Crippen LogP contribution >= 0.6 is 11.3 Å². The number of nitrogens with zero attached hydrogens (tertiary/aromatic N) is 2. The Morgan fingerprint density at radius 3 is 2.69 bits per heavy atom. The second-order valence-electron chi connectivity index (χ2n) is 7.89. The van der Waals surface area contributed by atoms with Crippen molar-refractivity contribution in [3.05, 3.63) is 22.1 Å². The topological polar surface area (TPSA) is 84.0 Å². The molecule has 2 amide bonds. The molecule has 3 aliphatic rings. The third kappa shape index (κ3) is 3.70. The van der Waals surface area contributed by atoms with Crippen LogP contribution in [0.3, 0.4) is 0 Å². The van der Waals surface area contributed by atoms with Gasteiger partial charge in [0.25, 0.3) is 5.91 Å². The van der Waals surface area contributed by atoms with Crippen molar-refractivity contribution in [2.45, 2.75) is 55.3 Å². The minimum Gasteiger partial charge on any atom is -0.447 e. The zero-order valence-corrected chi connectivity index (χ0v) is 18.4. The Kier molecular flexibility index (Phi) is 5.46. The lowest BCUT2D eigenvalue weighted by Gasteiger charge is -2.37. The Hall–Kier alpha value is -1.87. The number of cyclic esters (lactones) is 1. The van der Waals surface area contributed by atoms with Crippen molar-refractivity contribution in [1.82, 2.24) is 9.80 Å². The molecule has 0 spiro atoms. The Bertz CT molecular complexity index is 958. The maximum atomic E-state index is 13.2. The number of amides is 2. The maximum absolute atomic E-state index is 13.2. The summed E-state index contributed by atoms with van der Waals surface area (Å²) in [7, 11) is -3.38. The maximum Gasteiger partial charge on any atom is 0.410 e. The van der Waals surface area contributed by atoms with E-state index in [2.05, 4.69) is 0 Å². The summed E-state index contributed by atoms with van der Waals surface area (Å²) in [5.41, 5.74) is 1.55. The number of allylic oxidation sites excluding steroid dienone is 1. The van der Waals surface area contributed by atoms with E-state index in [0.29, 0.717) is 49.4 Å². The molecule has 0 radical (unpaired) electrons. The SMILES string of the molecule is CCC1COC(=O)N1C1CCN(C(=O)c2sc(S(C)(=O)=O)c3c2CCC=C3)CC1. The quantitative estimate of drug-likeness (QED) is 0.722. The van der Waals surface area contributed by atoms with Gasteiger partial charge in [-0.1, -0.05) is 19.1 Å². The molecule has 3 heterocycles. The number of ether oxygens (including phenoxy) is 1. The van der Waals surface area contributed by atoms with Gasteiger partial charge in [0, 0.05) is 31.0 Å². The molecule has 0 aromatic carbocycles. The fourth-order valence-corrected chi connectivity index (χ4v) is 6.96. The van der Waals surface area contributed by atoms with Crippen LogP contribution in [0.25, 0.3) is 6.08 Å². The average molecular weight is 439 g/mol. The number of hydrogen-bond acceptors (Lipinski definition) is 6. The van der Waals surface area contributed by atoms with Crippen molar-refractivity contribution in [1.29, 1.82) is 0 Å². The van der Waals surface area contributed by atoms with Gasteiger partial charge in [0.15, 0.2) is 9.84 Å². The largest absolute Gasteiger partial charge is 0.447 e. The third-order valence-corrected chi connectivity index (χ3v) is 9.09. The first kappa shape index (κ1) is 20.4. The predicted molar refractivity (Wildman–Crippen MR) is 111 cm³/mol. The van der Waals surface area contributed by atoms with Crippen molar-refractivity contribution in [2.75, 3.05) is 26.0 Å². The first-order valence-electron chi connectivity index (χ1n) is 10.1. The molecule has 2 fully saturated rings. The lowest BCUT2D eigenvalue weighted by Crippen LogP contribution is -2.49. The van der Waals surface area contributed by atoms with E-state index in [1.807, 2.05) is 24.0 Å². The number of sulfone groups is 1. The highest BCUT2D eigenvalue weighted by atomic mass is 32.2. The third-order valence-electron chi connectivity index (χ3n) is 6.01. The first-order chi connectivity index (χ1) is 13.8. The molecule has 1 aliphatic carbocycles. The number of rotatable bonds is 4. The van der Waals surface area contributed by atoms with Crippen LogP contribution < -0.4 is 0 Å². The molecule has 0 N–H and O–H groups in total. The van der Waals surface area contributed by atoms with E-state index in [1.165, 1.54) is 6.26 Å². The monoisotopic (exact) mass is 438 g/mol. The fraction of sp³-hybridized carbons (Fsp3) is 0.600. The zero-order chi connectivity index (χ0) is 20.8. The lowest BCUT2D eigenvalue weighted by molar-refractivity contribution is 0.0639. The number of fused-ring (bicyclic) bond motifs is 1. The minimum absolute atomic E-state index is 0.0887. The van der Waals surface area contributed by atoms with Crippen LogP contribution in [0.15, 0.2) is 10.3 Å². The van der Waals surface area contributed by atoms with Crippen LogP contribution in [0.5, 0.6) is 0 Å². The Balaban J connectivity index is 1.52. The zero-order valence-electron chi connectivity index (χ0n) is 16.7. The molecular formula is C20H26N2O5S2. The summed E-state index contributed by atoms with van der Waals surface area (Å²) in [6.07, 6.45) is 8.51. The normalized spacial score (nSPS) is 22.7. The van der Waals surface area contributed by atoms with Crippen LogP contribution in [0.4, 0.5) is 4.79 Å². The summed E-state index contributed by atoms with van der Waals surface area (Å²) in [4.78, 5) is 29.5. The van der Waals surface area contributed by atoms with Gasteiger partial charge >= 0.3 is 6.09 Å². The fourth-order valence-electron chi connectivity index (χ4n) is 4.47. The first-order valence-corrected chi connectivity index (χ1v) is 12.8. The van der Waals surface area contributed by atoms with Crippen LogP contribution in [0, 0.1) is 0 Å². The van der Waals surface area contributed by atoms with Crippen molar-refractivity contribution in [3.63, 3.8) is 0 Å². The molecule has 1 unspecified atom stereocenters. The molecule has 7 nitrogen and oxygen atoms in total. The van der Waals surface area contributed by atoms with Gasteiger partial charge in [0.2, 0.25) is 0 Å². The number of piperidine rings is 1. The highest BCUT2D eigenvalue weighted by Crippen LogP contribution is 2.38. The van der Waals surface area contributed by atoms with Gasteiger partial charge in [-0.25, -0.2) is 13.2 Å². The molecule has 4 rings (SSSR count). The molecule has 2 aliphatic heterocycles. The Morgan fingerprint density at radius 2 is 2.03 bits per heavy atom. The molecule has 2 saturated heterocycles. The molecule has 1 atom stereocenters. The van der Waals surface area contributed by atoms with E-state index in [9.17, 15) is 18.0 Å². The van der Waals surface area contributed by atoms with Gasteiger partial charge in [0.1, 0.15) is 10.8 Å². The second kappa shape index (κ2) is 7.75. The summed E-state index contributed by atoms with van der Waals surface area (Å²) in [5, 5.41) is 0. The highest BCUT2D eigenvalue weighted by Gasteiger charge is 2.39. The van der Waals surface area contributed by atoms with E-state index in [0.717, 1.165) is 29.7 Å². The summed E-state index contributed by atoms with van der Waals surface area (Å²) < 4.78 is 29.9. The predicted octanol–water partition coefficient (Wildman–Crippen LogP) is 2.95. The molecule has 158 valence electrons. The summed E-state index contributed by atoms with van der Waals surface area (Å²) in [6, 6.07) is 0.203. The van der Waals surface area contributed by atoms with E-state index < -0.39 is 9.84 Å². The standard InChI is InChI=1S/C20H26N2O5S2/c1-3-13-12-27-20(24)22(13)14-8-10-21(11-9-14)18(23)17-15-6-4-5-7-16(15)19(28-17)29(2,25)26/h5,7,13-14H,3-4,6,8-12H2,1-2H3. The molecule has 29 heavy (non-hydrogen) atoms. The summed E-state index contributed by atoms with van der Waals surface area (Å²) in [6.45, 7) is 3.60. The number of carbonyl (C=O) groups is 2. The van der Waals surface area contributed by atoms with Gasteiger partial charge in [0.05, 0.1) is 10.9 Å². The van der Waals surface area contributed by atoms with Gasteiger partial charge in [-0.3, -0.25) is 9.69 Å². The highest BCUT2D eigenvalue weighted by molar-refractivity contribution is 7.92. The van der Waals surface area contributed by atoms with Gasteiger partial charge in [-0.15, -0.1) is 11.3 Å². The number of carbonyl (C=O) groups excluding carboxylic acids is 2. The van der Waals surface area contributed by atoms with Crippen LogP contribution in [-0.2, 0) is 21.0 Å². The van der Waals surface area contributed by atoms with Gasteiger partial charge in [-0.2, -0.15) is 0 Å². The molecular weight excluding hydrogens is 412 g/mol.